The minimum absolute atomic E-state index is 0.0486. The van der Waals surface area contributed by atoms with Gasteiger partial charge in [0.05, 0.1) is 8.48 Å². The molecular formula is C7H10O3. The van der Waals surface area contributed by atoms with Gasteiger partial charge in [-0.3, -0.25) is 0 Å². The van der Waals surface area contributed by atoms with Gasteiger partial charge in [-0.25, -0.2) is 0 Å². The Labute approximate surface area is 60.7 Å². The van der Waals surface area contributed by atoms with Crippen LogP contribution in [0.4, 0.5) is 0 Å². The molecule has 56 valence electrons. The maximum absolute atomic E-state index is 9.27. The Bertz CT molecular complexity index is 208. The molecular weight excluding hydrogens is 132 g/mol. The van der Waals surface area contributed by atoms with Gasteiger partial charge in [0, 0.05) is 0 Å². The molecule has 0 aromatic heterocycles. The Balaban J connectivity index is 2.92. The van der Waals surface area contributed by atoms with E-state index in [2.05, 4.69) is 4.74 Å². The van der Waals surface area contributed by atoms with Gasteiger partial charge in [-0.15, -0.1) is 0 Å². The zero-order valence-electron chi connectivity index (χ0n) is 6.61. The van der Waals surface area contributed by atoms with Crippen molar-refractivity contribution in [1.82, 2.24) is 0 Å². The minimum atomic E-state index is -2.04. The Morgan fingerprint density at radius 3 is 2.90 bits per heavy atom. The quantitative estimate of drug-likeness (QED) is 0.535. The lowest BCUT2D eigenvalue weighted by atomic mass is 10.1. The standard InChI is InChI=1S/C7H10O3/c1-10-6-4-2-3-5(8)7(6)9/h2-5,7-9H,1H3/t5-,7-/m0/s1/i7D. The molecule has 3 nitrogen and oxygen atoms in total. The summed E-state index contributed by atoms with van der Waals surface area (Å²) < 4.78 is 11.9. The first-order valence-electron chi connectivity index (χ1n) is 3.42. The fraction of sp³-hybridized carbons (Fsp3) is 0.429. The number of hydrogen-bond acceptors (Lipinski definition) is 3. The predicted molar refractivity (Wildman–Crippen MR) is 36.2 cm³/mol. The normalized spacial score (nSPS) is 40.5. The van der Waals surface area contributed by atoms with Crippen molar-refractivity contribution >= 4 is 0 Å². The van der Waals surface area contributed by atoms with E-state index in [4.69, 9.17) is 6.48 Å². The van der Waals surface area contributed by atoms with Crippen LogP contribution in [0.2, 0.25) is 0 Å². The molecule has 0 radical (unpaired) electrons. The van der Waals surface area contributed by atoms with E-state index in [-0.39, 0.29) is 5.76 Å². The summed E-state index contributed by atoms with van der Waals surface area (Å²) >= 11 is 0. The summed E-state index contributed by atoms with van der Waals surface area (Å²) in [4.78, 5) is 0. The second kappa shape index (κ2) is 2.86. The van der Waals surface area contributed by atoms with E-state index in [1.807, 2.05) is 0 Å². The van der Waals surface area contributed by atoms with Crippen LogP contribution < -0.4 is 0 Å². The van der Waals surface area contributed by atoms with E-state index < -0.39 is 12.2 Å². The van der Waals surface area contributed by atoms with E-state index >= 15 is 0 Å². The van der Waals surface area contributed by atoms with Crippen LogP contribution in [0.3, 0.4) is 0 Å². The van der Waals surface area contributed by atoms with Crippen molar-refractivity contribution in [3.63, 3.8) is 0 Å². The average Bonchev–Trinajstić information content (AvgIpc) is 1.95. The minimum Gasteiger partial charge on any atom is -0.498 e. The summed E-state index contributed by atoms with van der Waals surface area (Å²) in [5.41, 5.74) is 0. The monoisotopic (exact) mass is 143 g/mol. The largest absolute Gasteiger partial charge is 0.498 e. The van der Waals surface area contributed by atoms with Crippen LogP contribution in [-0.2, 0) is 4.74 Å². The summed E-state index contributed by atoms with van der Waals surface area (Å²) in [6.45, 7) is 0. The fourth-order valence-electron chi connectivity index (χ4n) is 0.743. The van der Waals surface area contributed by atoms with Crippen molar-refractivity contribution in [3.8, 4) is 0 Å². The zero-order valence-corrected chi connectivity index (χ0v) is 5.61. The first kappa shape index (κ1) is 5.95. The van der Waals surface area contributed by atoms with Crippen LogP contribution in [0.1, 0.15) is 1.37 Å². The summed E-state index contributed by atoms with van der Waals surface area (Å²) in [6, 6.07) is 0. The fourth-order valence-corrected chi connectivity index (χ4v) is 0.743. The molecule has 0 saturated heterocycles. The predicted octanol–water partition coefficient (Wildman–Crippen LogP) is -0.192. The second-order valence-electron chi connectivity index (χ2n) is 1.95. The molecule has 0 fully saturated rings. The lowest BCUT2D eigenvalue weighted by Crippen LogP contribution is -2.28. The Morgan fingerprint density at radius 1 is 1.70 bits per heavy atom. The molecule has 0 heterocycles. The van der Waals surface area contributed by atoms with Crippen molar-refractivity contribution in [3.05, 3.63) is 24.0 Å². The van der Waals surface area contributed by atoms with E-state index in [1.54, 1.807) is 0 Å². The van der Waals surface area contributed by atoms with E-state index in [0.717, 1.165) is 0 Å². The number of methoxy groups -OCH3 is 1. The van der Waals surface area contributed by atoms with Crippen molar-refractivity contribution in [2.24, 2.45) is 0 Å². The maximum atomic E-state index is 9.27. The summed E-state index contributed by atoms with van der Waals surface area (Å²) in [5.74, 6) is 0.0486. The van der Waals surface area contributed by atoms with Crippen LogP contribution in [-0.4, -0.2) is 29.5 Å². The third-order valence-electron chi connectivity index (χ3n) is 1.29. The van der Waals surface area contributed by atoms with Gasteiger partial charge >= 0.3 is 0 Å². The molecule has 1 rings (SSSR count). The molecule has 0 aromatic rings. The summed E-state index contributed by atoms with van der Waals surface area (Å²) in [7, 11) is 1.34. The van der Waals surface area contributed by atoms with E-state index in [9.17, 15) is 5.11 Å². The van der Waals surface area contributed by atoms with E-state index in [1.165, 1.54) is 25.3 Å². The molecule has 0 saturated carbocycles. The Kier molecular flexibility index (Phi) is 1.70. The van der Waals surface area contributed by atoms with Gasteiger partial charge in [-0.2, -0.15) is 0 Å². The van der Waals surface area contributed by atoms with Gasteiger partial charge in [-0.1, -0.05) is 12.2 Å². The number of ether oxygens (including phenoxy) is 1. The lowest BCUT2D eigenvalue weighted by Gasteiger charge is -2.19. The molecule has 2 atom stereocenters. The number of aliphatic hydroxyl groups excluding tert-OH is 1. The van der Waals surface area contributed by atoms with Gasteiger partial charge in [0.1, 0.15) is 17.9 Å². The highest BCUT2D eigenvalue weighted by Crippen LogP contribution is 2.13. The first-order chi connectivity index (χ1) is 5.09. The van der Waals surface area contributed by atoms with Crippen LogP contribution in [0.5, 0.6) is 0 Å². The van der Waals surface area contributed by atoms with Crippen molar-refractivity contribution < 1.29 is 16.3 Å². The highest BCUT2D eigenvalue weighted by Gasteiger charge is 2.20. The zero-order chi connectivity index (χ0) is 8.48. The van der Waals surface area contributed by atoms with Gasteiger partial charge in [0.25, 0.3) is 0 Å². The molecule has 0 spiro atoms. The molecule has 0 bridgehead atoms. The third kappa shape index (κ3) is 1.20. The lowest BCUT2D eigenvalue weighted by molar-refractivity contribution is 0.0337. The van der Waals surface area contributed by atoms with Crippen molar-refractivity contribution in [2.45, 2.75) is 12.2 Å². The molecule has 1 aliphatic rings. The second-order valence-corrected chi connectivity index (χ2v) is 1.95. The first-order valence-corrected chi connectivity index (χ1v) is 2.92. The summed E-state index contributed by atoms with van der Waals surface area (Å²) in [6.07, 6.45) is 1.05. The summed E-state index contributed by atoms with van der Waals surface area (Å²) in [5, 5.41) is 18.4. The van der Waals surface area contributed by atoms with Gasteiger partial charge in [0.15, 0.2) is 0 Å². The highest BCUT2D eigenvalue weighted by molar-refractivity contribution is 5.20. The van der Waals surface area contributed by atoms with Crippen LogP contribution in [0.25, 0.3) is 0 Å². The van der Waals surface area contributed by atoms with Crippen molar-refractivity contribution in [2.75, 3.05) is 7.11 Å². The smallest absolute Gasteiger partial charge is 0.140 e. The molecule has 10 heavy (non-hydrogen) atoms. The highest BCUT2D eigenvalue weighted by atomic mass is 16.5. The Morgan fingerprint density at radius 2 is 2.40 bits per heavy atom. The average molecular weight is 143 g/mol. The molecule has 0 aliphatic heterocycles. The van der Waals surface area contributed by atoms with Gasteiger partial charge in [0.2, 0.25) is 0 Å². The molecule has 0 unspecified atom stereocenters. The third-order valence-corrected chi connectivity index (χ3v) is 1.29. The van der Waals surface area contributed by atoms with Crippen LogP contribution in [0, 0.1) is 0 Å². The number of allylic oxidation sites excluding steroid dienone is 2. The van der Waals surface area contributed by atoms with E-state index in [0.29, 0.717) is 0 Å². The molecule has 0 amide bonds. The molecule has 0 aromatic carbocycles. The maximum Gasteiger partial charge on any atom is 0.140 e. The van der Waals surface area contributed by atoms with Gasteiger partial charge < -0.3 is 14.9 Å². The Hall–Kier alpha value is -0.800. The molecule has 2 N–H and O–H groups in total. The number of aliphatic hydroxyl groups is 2. The molecule has 1 aliphatic carbocycles. The number of hydrogen-bond donors (Lipinski definition) is 2. The van der Waals surface area contributed by atoms with Gasteiger partial charge in [-0.05, 0) is 6.08 Å². The topological polar surface area (TPSA) is 49.7 Å². The SMILES string of the molecule is [2H][C@@]1(O)C(OC)=CC=C[C@@H]1O. The van der Waals surface area contributed by atoms with Crippen molar-refractivity contribution in [1.29, 1.82) is 0 Å². The molecule has 3 heteroatoms. The van der Waals surface area contributed by atoms with Crippen LogP contribution >= 0.6 is 0 Å². The number of rotatable bonds is 1. The van der Waals surface area contributed by atoms with Crippen LogP contribution in [0.15, 0.2) is 24.0 Å².